The zero-order chi connectivity index (χ0) is 26.4. The molecule has 2 aromatic rings. The standard InChI is InChI=1S/C27H36N4O5/c1-14(2)10-20(30-24(33)19-11-16-18(29-19)8-7-9-21(16)36-6)26(35)31-12-17-22(27(17,4)5)23(31)25(34)28-15(3)13-32/h7-9,11,13-15,17,20,22-23,29H,10,12H2,1-6H3,(H,28,34)(H,30,33)/t15-,17-,20-,22-,23-/m0/s1. The van der Waals surface area contributed by atoms with Crippen LogP contribution < -0.4 is 15.4 Å². The van der Waals surface area contributed by atoms with Gasteiger partial charge in [0.25, 0.3) is 5.91 Å². The molecule has 9 heteroatoms. The number of hydrogen-bond acceptors (Lipinski definition) is 5. The van der Waals surface area contributed by atoms with Crippen LogP contribution in [0.5, 0.6) is 5.75 Å². The number of aldehydes is 1. The average molecular weight is 497 g/mol. The summed E-state index contributed by atoms with van der Waals surface area (Å²) >= 11 is 0. The molecule has 1 saturated heterocycles. The van der Waals surface area contributed by atoms with E-state index in [0.29, 0.717) is 30.7 Å². The fourth-order valence-electron chi connectivity index (χ4n) is 5.71. The second-order valence-corrected chi connectivity index (χ2v) is 11.1. The van der Waals surface area contributed by atoms with Gasteiger partial charge in [0.15, 0.2) is 0 Å². The maximum atomic E-state index is 13.8. The number of carbonyl (C=O) groups excluding carboxylic acids is 4. The number of fused-ring (bicyclic) bond motifs is 2. The number of rotatable bonds is 9. The highest BCUT2D eigenvalue weighted by Gasteiger charge is 2.69. The summed E-state index contributed by atoms with van der Waals surface area (Å²) in [5.74, 6) is 0.0311. The third-order valence-electron chi connectivity index (χ3n) is 7.73. The van der Waals surface area contributed by atoms with E-state index in [2.05, 4.69) is 29.5 Å². The lowest BCUT2D eigenvalue weighted by molar-refractivity contribution is -0.142. The Bertz CT molecular complexity index is 1190. The Labute approximate surface area is 211 Å². The van der Waals surface area contributed by atoms with E-state index >= 15 is 0 Å². The lowest BCUT2D eigenvalue weighted by atomic mass is 9.97. The summed E-state index contributed by atoms with van der Waals surface area (Å²) in [6, 6.07) is 5.13. The van der Waals surface area contributed by atoms with Gasteiger partial charge in [-0.3, -0.25) is 14.4 Å². The number of H-pyrrole nitrogens is 1. The van der Waals surface area contributed by atoms with Crippen LogP contribution in [0.3, 0.4) is 0 Å². The molecule has 0 bridgehead atoms. The molecule has 1 aromatic heterocycles. The maximum absolute atomic E-state index is 13.8. The van der Waals surface area contributed by atoms with Crippen LogP contribution in [0.2, 0.25) is 0 Å². The summed E-state index contributed by atoms with van der Waals surface area (Å²) in [5.41, 5.74) is 1.04. The largest absolute Gasteiger partial charge is 0.496 e. The van der Waals surface area contributed by atoms with Crippen molar-refractivity contribution in [1.82, 2.24) is 20.5 Å². The number of nitrogens with one attached hydrogen (secondary N) is 3. The summed E-state index contributed by atoms with van der Waals surface area (Å²) in [7, 11) is 1.57. The fraction of sp³-hybridized carbons (Fsp3) is 0.556. The monoisotopic (exact) mass is 496 g/mol. The summed E-state index contributed by atoms with van der Waals surface area (Å²) < 4.78 is 5.39. The third kappa shape index (κ3) is 4.58. The smallest absolute Gasteiger partial charge is 0.268 e. The van der Waals surface area contributed by atoms with Crippen LogP contribution in [0.1, 0.15) is 51.5 Å². The molecule has 0 unspecified atom stereocenters. The van der Waals surface area contributed by atoms with Crippen LogP contribution in [0.4, 0.5) is 0 Å². The van der Waals surface area contributed by atoms with Gasteiger partial charge in [-0.15, -0.1) is 0 Å². The minimum atomic E-state index is -0.787. The number of ether oxygens (including phenoxy) is 1. The Balaban J connectivity index is 1.57. The van der Waals surface area contributed by atoms with Gasteiger partial charge < -0.3 is 30.0 Å². The lowest BCUT2D eigenvalue weighted by Gasteiger charge is -2.33. The Kier molecular flexibility index (Phi) is 6.86. The molecule has 194 valence electrons. The molecule has 4 rings (SSSR count). The van der Waals surface area contributed by atoms with E-state index in [1.165, 1.54) is 0 Å². The summed E-state index contributed by atoms with van der Waals surface area (Å²) in [6.07, 6.45) is 1.11. The molecule has 1 saturated carbocycles. The number of piperidine rings is 1. The van der Waals surface area contributed by atoms with E-state index in [0.717, 1.165) is 10.9 Å². The van der Waals surface area contributed by atoms with Gasteiger partial charge in [-0.1, -0.05) is 33.8 Å². The first-order valence-electron chi connectivity index (χ1n) is 12.5. The van der Waals surface area contributed by atoms with Crippen molar-refractivity contribution in [2.45, 2.75) is 59.2 Å². The predicted molar refractivity (Wildman–Crippen MR) is 135 cm³/mol. The third-order valence-corrected chi connectivity index (χ3v) is 7.73. The highest BCUT2D eigenvalue weighted by Crippen LogP contribution is 2.64. The van der Waals surface area contributed by atoms with Gasteiger partial charge in [0.2, 0.25) is 11.8 Å². The molecule has 2 aliphatic rings. The van der Waals surface area contributed by atoms with Gasteiger partial charge in [0.05, 0.1) is 13.2 Å². The topological polar surface area (TPSA) is 121 Å². The average Bonchev–Trinajstić information content (AvgIpc) is 3.23. The van der Waals surface area contributed by atoms with Crippen molar-refractivity contribution in [1.29, 1.82) is 0 Å². The summed E-state index contributed by atoms with van der Waals surface area (Å²) in [6.45, 7) is 10.2. The Hall–Kier alpha value is -3.36. The van der Waals surface area contributed by atoms with E-state index < -0.39 is 24.0 Å². The van der Waals surface area contributed by atoms with Crippen LogP contribution >= 0.6 is 0 Å². The Morgan fingerprint density at radius 3 is 2.58 bits per heavy atom. The van der Waals surface area contributed by atoms with Crippen LogP contribution in [0, 0.1) is 23.2 Å². The SMILES string of the molecule is COc1cccc2[nH]c(C(=O)N[C@@H](CC(C)C)C(=O)N3C[C@H]4[C@@H]([C@H]3C(=O)N[C@@H](C)C=O)C4(C)C)cc12. The summed E-state index contributed by atoms with van der Waals surface area (Å²) in [4.78, 5) is 56.0. The van der Waals surface area contributed by atoms with Gasteiger partial charge in [-0.05, 0) is 54.7 Å². The van der Waals surface area contributed by atoms with Gasteiger partial charge in [-0.25, -0.2) is 0 Å². The van der Waals surface area contributed by atoms with Crippen molar-refractivity contribution in [2.24, 2.45) is 23.2 Å². The number of amides is 3. The summed E-state index contributed by atoms with van der Waals surface area (Å²) in [5, 5.41) is 6.41. The molecule has 1 aliphatic carbocycles. The van der Waals surface area contributed by atoms with Crippen LogP contribution in [-0.2, 0) is 14.4 Å². The van der Waals surface area contributed by atoms with Crippen LogP contribution in [0.25, 0.3) is 10.9 Å². The number of aromatic amines is 1. The molecule has 1 aliphatic heterocycles. The minimum Gasteiger partial charge on any atom is -0.496 e. The molecule has 0 spiro atoms. The number of nitrogens with zero attached hydrogens (tertiary/aromatic N) is 1. The van der Waals surface area contributed by atoms with Crippen molar-refractivity contribution >= 4 is 34.9 Å². The highest BCUT2D eigenvalue weighted by atomic mass is 16.5. The molecule has 36 heavy (non-hydrogen) atoms. The maximum Gasteiger partial charge on any atom is 0.268 e. The van der Waals surface area contributed by atoms with E-state index in [9.17, 15) is 19.2 Å². The number of hydrogen-bond donors (Lipinski definition) is 3. The van der Waals surface area contributed by atoms with Gasteiger partial charge in [0.1, 0.15) is 29.8 Å². The van der Waals surface area contributed by atoms with E-state index in [1.807, 2.05) is 32.0 Å². The molecule has 2 fully saturated rings. The molecular weight excluding hydrogens is 460 g/mol. The fourth-order valence-corrected chi connectivity index (χ4v) is 5.71. The zero-order valence-electron chi connectivity index (χ0n) is 21.8. The lowest BCUT2D eigenvalue weighted by Crippen LogP contribution is -2.57. The van der Waals surface area contributed by atoms with E-state index in [4.69, 9.17) is 4.74 Å². The molecule has 3 N–H and O–H groups in total. The van der Waals surface area contributed by atoms with E-state index in [-0.39, 0.29) is 35.0 Å². The molecular formula is C27H36N4O5. The van der Waals surface area contributed by atoms with Gasteiger partial charge in [-0.2, -0.15) is 0 Å². The van der Waals surface area contributed by atoms with E-state index in [1.54, 1.807) is 25.0 Å². The number of carbonyl (C=O) groups is 4. The first-order valence-corrected chi connectivity index (χ1v) is 12.5. The number of benzene rings is 1. The number of likely N-dealkylation sites (tertiary alicyclic amines) is 1. The second-order valence-electron chi connectivity index (χ2n) is 11.1. The molecule has 3 amide bonds. The quantitative estimate of drug-likeness (QED) is 0.461. The zero-order valence-corrected chi connectivity index (χ0v) is 21.8. The first-order chi connectivity index (χ1) is 17.0. The van der Waals surface area contributed by atoms with Crippen molar-refractivity contribution < 1.29 is 23.9 Å². The molecule has 1 aromatic carbocycles. The Morgan fingerprint density at radius 1 is 1.22 bits per heavy atom. The van der Waals surface area contributed by atoms with Gasteiger partial charge in [0, 0.05) is 17.4 Å². The molecule has 5 atom stereocenters. The van der Waals surface area contributed by atoms with Gasteiger partial charge >= 0.3 is 0 Å². The molecule has 2 heterocycles. The van der Waals surface area contributed by atoms with Crippen LogP contribution in [-0.4, -0.2) is 65.7 Å². The number of aromatic nitrogens is 1. The molecule has 0 radical (unpaired) electrons. The first kappa shape index (κ1) is 25.7. The highest BCUT2D eigenvalue weighted by molar-refractivity contribution is 6.02. The van der Waals surface area contributed by atoms with Crippen molar-refractivity contribution in [3.63, 3.8) is 0 Å². The number of methoxy groups -OCH3 is 1. The Morgan fingerprint density at radius 2 is 1.94 bits per heavy atom. The van der Waals surface area contributed by atoms with Crippen molar-refractivity contribution in [2.75, 3.05) is 13.7 Å². The van der Waals surface area contributed by atoms with Crippen molar-refractivity contribution in [3.8, 4) is 5.75 Å². The minimum absolute atomic E-state index is 0.0249. The second kappa shape index (κ2) is 9.59. The normalized spacial score (nSPS) is 23.6. The van der Waals surface area contributed by atoms with Crippen molar-refractivity contribution in [3.05, 3.63) is 30.0 Å². The molecule has 9 nitrogen and oxygen atoms in total. The van der Waals surface area contributed by atoms with Crippen LogP contribution in [0.15, 0.2) is 24.3 Å². The predicted octanol–water partition coefficient (Wildman–Crippen LogP) is 2.51.